The number of para-hydroxylation sites is 1. The smallest absolute Gasteiger partial charge is 0.277 e. The summed E-state index contributed by atoms with van der Waals surface area (Å²) in [6.45, 7) is 6.13. The lowest BCUT2D eigenvalue weighted by atomic mass is 9.74. The van der Waals surface area contributed by atoms with E-state index in [4.69, 9.17) is 0 Å². The zero-order chi connectivity index (χ0) is 25.5. The van der Waals surface area contributed by atoms with Gasteiger partial charge < -0.3 is 10.2 Å². The van der Waals surface area contributed by atoms with Gasteiger partial charge >= 0.3 is 0 Å². The molecule has 2 aliphatic rings. The third kappa shape index (κ3) is 4.03. The van der Waals surface area contributed by atoms with Crippen molar-refractivity contribution in [3.8, 4) is 5.69 Å². The molecule has 0 saturated carbocycles. The fourth-order valence-corrected chi connectivity index (χ4v) is 6.61. The van der Waals surface area contributed by atoms with Crippen molar-refractivity contribution in [2.45, 2.75) is 38.5 Å². The molecule has 0 bridgehead atoms. The zero-order valence-electron chi connectivity index (χ0n) is 21.0. The molecule has 4 aromatic rings. The Kier molecular flexibility index (Phi) is 6.08. The number of carbonyl (C=O) groups is 1. The maximum Gasteiger partial charge on any atom is 0.277 e. The van der Waals surface area contributed by atoms with Crippen molar-refractivity contribution >= 4 is 28.6 Å². The van der Waals surface area contributed by atoms with Gasteiger partial charge in [0.25, 0.3) is 5.56 Å². The highest BCUT2D eigenvalue weighted by Gasteiger charge is 2.41. The summed E-state index contributed by atoms with van der Waals surface area (Å²) in [7, 11) is 0. The van der Waals surface area contributed by atoms with Gasteiger partial charge in [0.1, 0.15) is 5.82 Å². The monoisotopic (exact) mass is 510 g/mol. The van der Waals surface area contributed by atoms with Crippen LogP contribution in [0, 0.1) is 0 Å². The highest BCUT2D eigenvalue weighted by atomic mass is 32.1. The first-order valence-electron chi connectivity index (χ1n) is 12.9. The van der Waals surface area contributed by atoms with Crippen molar-refractivity contribution < 1.29 is 4.79 Å². The highest BCUT2D eigenvalue weighted by Crippen LogP contribution is 2.47. The Morgan fingerprint density at radius 2 is 1.70 bits per heavy atom. The number of nitrogens with one attached hydrogen (secondary N) is 2. The number of allylic oxidation sites excluding steroid dienone is 2. The molecule has 1 aliphatic carbocycles. The topological polar surface area (TPSA) is 70.1 Å². The number of Topliss-reactive ketones (excluding diaryl/α,β-unsaturated/α-hetero) is 1. The summed E-state index contributed by atoms with van der Waals surface area (Å²) in [5, 5.41) is 8.85. The van der Waals surface area contributed by atoms with Gasteiger partial charge in [0.05, 0.1) is 11.3 Å². The number of nitrogens with zero attached hydrogens (tertiary/aromatic N) is 2. The van der Waals surface area contributed by atoms with Crippen LogP contribution in [0.4, 0.5) is 11.5 Å². The van der Waals surface area contributed by atoms with E-state index in [1.807, 2.05) is 36.4 Å². The largest absolute Gasteiger partial charge is 0.372 e. The Hall–Kier alpha value is -3.84. The van der Waals surface area contributed by atoms with Gasteiger partial charge in [0.15, 0.2) is 5.78 Å². The first-order valence-corrected chi connectivity index (χ1v) is 13.8. The molecule has 1 aliphatic heterocycles. The second-order valence-corrected chi connectivity index (χ2v) is 10.6. The minimum absolute atomic E-state index is 0.113. The summed E-state index contributed by atoms with van der Waals surface area (Å²) in [5.41, 5.74) is 4.98. The van der Waals surface area contributed by atoms with Gasteiger partial charge in [-0.25, -0.2) is 4.68 Å². The standard InChI is InChI=1S/C30H30N4O2S/c1-3-33(4-2)21-14-12-19(13-15-21)26-27-23(17-20(18-24(27)35)25-11-8-16-37-25)31-29-28(26)30(36)34(32-29)22-9-6-5-7-10-22/h5-16,20,26,31-32H,3-4,17-18H2,1-2H3/t20-,26-/m0/s1. The van der Waals surface area contributed by atoms with Crippen molar-refractivity contribution in [2.75, 3.05) is 23.3 Å². The Labute approximate surface area is 220 Å². The van der Waals surface area contributed by atoms with Gasteiger partial charge in [0, 0.05) is 53.2 Å². The average molecular weight is 511 g/mol. The number of carbonyl (C=O) groups excluding carboxylic acids is 1. The number of rotatable bonds is 6. The molecule has 37 heavy (non-hydrogen) atoms. The van der Waals surface area contributed by atoms with Crippen LogP contribution in [0.2, 0.25) is 0 Å². The molecule has 7 heteroatoms. The molecule has 0 spiro atoms. The van der Waals surface area contributed by atoms with Crippen LogP contribution in [-0.4, -0.2) is 28.7 Å². The quantitative estimate of drug-likeness (QED) is 0.332. The second-order valence-electron chi connectivity index (χ2n) is 9.63. The fraction of sp³-hybridized carbons (Fsp3) is 0.267. The first-order chi connectivity index (χ1) is 18.1. The van der Waals surface area contributed by atoms with Crippen molar-refractivity contribution in [2.24, 2.45) is 0 Å². The van der Waals surface area contributed by atoms with Crippen LogP contribution in [0.15, 0.2) is 88.2 Å². The molecule has 0 radical (unpaired) electrons. The molecule has 188 valence electrons. The summed E-state index contributed by atoms with van der Waals surface area (Å²) >= 11 is 1.70. The first kappa shape index (κ1) is 23.6. The average Bonchev–Trinajstić information content (AvgIpc) is 3.58. The lowest BCUT2D eigenvalue weighted by molar-refractivity contribution is -0.116. The van der Waals surface area contributed by atoms with Crippen molar-refractivity contribution in [3.05, 3.63) is 110 Å². The predicted octanol–water partition coefficient (Wildman–Crippen LogP) is 6.03. The molecule has 2 aromatic heterocycles. The number of ketones is 1. The molecule has 0 unspecified atom stereocenters. The zero-order valence-corrected chi connectivity index (χ0v) is 21.8. The summed E-state index contributed by atoms with van der Waals surface area (Å²) in [6, 6.07) is 22.1. The Balaban J connectivity index is 1.49. The molecule has 0 saturated heterocycles. The number of aromatic amines is 1. The van der Waals surface area contributed by atoms with E-state index in [1.165, 1.54) is 4.88 Å². The third-order valence-electron chi connectivity index (χ3n) is 7.60. The molecule has 6 nitrogen and oxygen atoms in total. The molecule has 2 N–H and O–H groups in total. The van der Waals surface area contributed by atoms with Gasteiger partial charge in [-0.15, -0.1) is 11.3 Å². The van der Waals surface area contributed by atoms with Crippen molar-refractivity contribution in [1.29, 1.82) is 0 Å². The lowest BCUT2D eigenvalue weighted by Gasteiger charge is -2.34. The number of aromatic nitrogens is 2. The van der Waals surface area contributed by atoms with E-state index in [-0.39, 0.29) is 17.3 Å². The normalized spacial score (nSPS) is 18.8. The van der Waals surface area contributed by atoms with Crippen LogP contribution in [0.5, 0.6) is 0 Å². The van der Waals surface area contributed by atoms with Gasteiger partial charge in [-0.1, -0.05) is 36.4 Å². The molecule has 2 atom stereocenters. The van der Waals surface area contributed by atoms with Gasteiger partial charge in [0.2, 0.25) is 0 Å². The molecule has 3 heterocycles. The van der Waals surface area contributed by atoms with E-state index in [0.717, 1.165) is 47.7 Å². The number of fused-ring (bicyclic) bond motifs is 1. The number of thiophene rings is 1. The van der Waals surface area contributed by atoms with Gasteiger partial charge in [-0.05, 0) is 61.5 Å². The summed E-state index contributed by atoms with van der Waals surface area (Å²) in [4.78, 5) is 31.1. The van der Waals surface area contributed by atoms with E-state index >= 15 is 0 Å². The lowest BCUT2D eigenvalue weighted by Crippen LogP contribution is -2.31. The number of hydrogen-bond acceptors (Lipinski definition) is 5. The molecule has 0 fully saturated rings. The van der Waals surface area contributed by atoms with E-state index < -0.39 is 5.92 Å². The van der Waals surface area contributed by atoms with Crippen LogP contribution in [0.25, 0.3) is 5.69 Å². The number of hydrogen-bond donors (Lipinski definition) is 2. The third-order valence-corrected chi connectivity index (χ3v) is 8.64. The predicted molar refractivity (Wildman–Crippen MR) is 150 cm³/mol. The maximum atomic E-state index is 13.8. The van der Waals surface area contributed by atoms with Crippen LogP contribution >= 0.6 is 11.3 Å². The number of anilines is 2. The van der Waals surface area contributed by atoms with Crippen LogP contribution in [0.1, 0.15) is 54.5 Å². The summed E-state index contributed by atoms with van der Waals surface area (Å²) in [5.74, 6) is 0.518. The molecule has 2 aromatic carbocycles. The van der Waals surface area contributed by atoms with E-state index in [1.54, 1.807) is 16.0 Å². The van der Waals surface area contributed by atoms with E-state index in [9.17, 15) is 9.59 Å². The highest BCUT2D eigenvalue weighted by molar-refractivity contribution is 7.10. The SMILES string of the molecule is CCN(CC)c1ccc([C@H]2C3=C(C[C@H](c4cccs4)CC3=O)Nc3[nH]n(-c4ccccc4)c(=O)c32)cc1. The van der Waals surface area contributed by atoms with Crippen LogP contribution in [0.3, 0.4) is 0 Å². The number of benzene rings is 2. The maximum absolute atomic E-state index is 13.8. The summed E-state index contributed by atoms with van der Waals surface area (Å²) < 4.78 is 1.58. The van der Waals surface area contributed by atoms with E-state index in [2.05, 4.69) is 64.9 Å². The van der Waals surface area contributed by atoms with Crippen molar-refractivity contribution in [3.63, 3.8) is 0 Å². The minimum atomic E-state index is -0.414. The minimum Gasteiger partial charge on any atom is -0.372 e. The Morgan fingerprint density at radius 3 is 2.38 bits per heavy atom. The Bertz CT molecular complexity index is 1510. The molecule has 0 amide bonds. The molecule has 6 rings (SSSR count). The Morgan fingerprint density at radius 1 is 0.946 bits per heavy atom. The summed E-state index contributed by atoms with van der Waals surface area (Å²) in [6.07, 6.45) is 1.20. The van der Waals surface area contributed by atoms with Crippen molar-refractivity contribution in [1.82, 2.24) is 9.78 Å². The van der Waals surface area contributed by atoms with Gasteiger partial charge in [-0.3, -0.25) is 14.7 Å². The fourth-order valence-electron chi connectivity index (χ4n) is 5.78. The number of H-pyrrole nitrogens is 1. The van der Waals surface area contributed by atoms with Crippen LogP contribution < -0.4 is 15.8 Å². The second kappa shape index (κ2) is 9.56. The molecular weight excluding hydrogens is 480 g/mol. The van der Waals surface area contributed by atoms with Crippen LogP contribution in [-0.2, 0) is 4.79 Å². The van der Waals surface area contributed by atoms with Gasteiger partial charge in [-0.2, -0.15) is 0 Å². The molecular formula is C30H30N4O2S. The van der Waals surface area contributed by atoms with E-state index in [0.29, 0.717) is 17.8 Å².